The predicted octanol–water partition coefficient (Wildman–Crippen LogP) is 2.70. The van der Waals surface area contributed by atoms with E-state index in [0.29, 0.717) is 22.9 Å². The summed E-state index contributed by atoms with van der Waals surface area (Å²) < 4.78 is 10.4. The molecule has 0 radical (unpaired) electrons. The van der Waals surface area contributed by atoms with E-state index in [0.717, 1.165) is 5.56 Å². The smallest absolute Gasteiger partial charge is 0.261 e. The Morgan fingerprint density at radius 3 is 2.63 bits per heavy atom. The number of hydrogen-bond donors (Lipinski definition) is 1. The highest BCUT2D eigenvalue weighted by Crippen LogP contribution is 2.27. The van der Waals surface area contributed by atoms with Crippen LogP contribution in [0.4, 0.5) is 0 Å². The van der Waals surface area contributed by atoms with Crippen LogP contribution in [0, 0.1) is 0 Å². The van der Waals surface area contributed by atoms with Crippen LogP contribution in [-0.2, 0) is 6.54 Å². The van der Waals surface area contributed by atoms with Crippen LogP contribution in [0.5, 0.6) is 11.5 Å². The third-order valence-corrected chi connectivity index (χ3v) is 3.51. The fourth-order valence-corrected chi connectivity index (χ4v) is 2.31. The molecule has 100 valence electrons. The fraction of sp³-hybridized carbons (Fsp3) is 0.214. The van der Waals surface area contributed by atoms with Gasteiger partial charge in [0.2, 0.25) is 0 Å². The van der Waals surface area contributed by atoms with E-state index in [-0.39, 0.29) is 5.91 Å². The summed E-state index contributed by atoms with van der Waals surface area (Å²) in [5.74, 6) is 1.27. The molecule has 1 aromatic carbocycles. The molecular formula is C14H15NO3S. The summed E-state index contributed by atoms with van der Waals surface area (Å²) in [7, 11) is 3.18. The van der Waals surface area contributed by atoms with E-state index in [9.17, 15) is 4.79 Å². The van der Waals surface area contributed by atoms with Crippen molar-refractivity contribution in [3.63, 3.8) is 0 Å². The predicted molar refractivity (Wildman–Crippen MR) is 75.0 cm³/mol. The van der Waals surface area contributed by atoms with Crippen molar-refractivity contribution in [3.8, 4) is 11.5 Å². The number of carbonyl (C=O) groups is 1. The Morgan fingerprint density at radius 1 is 1.21 bits per heavy atom. The number of carbonyl (C=O) groups excluding carboxylic acids is 1. The molecule has 0 fully saturated rings. The van der Waals surface area contributed by atoms with Gasteiger partial charge in [-0.15, -0.1) is 11.3 Å². The van der Waals surface area contributed by atoms with Crippen molar-refractivity contribution in [3.05, 3.63) is 46.2 Å². The maximum atomic E-state index is 11.8. The molecule has 1 aromatic heterocycles. The minimum atomic E-state index is -0.0650. The van der Waals surface area contributed by atoms with Crippen molar-refractivity contribution in [2.75, 3.05) is 14.2 Å². The van der Waals surface area contributed by atoms with Crippen LogP contribution in [-0.4, -0.2) is 20.1 Å². The van der Waals surface area contributed by atoms with Gasteiger partial charge in [-0.1, -0.05) is 12.1 Å². The van der Waals surface area contributed by atoms with Gasteiger partial charge in [0.1, 0.15) is 0 Å². The van der Waals surface area contributed by atoms with E-state index in [1.165, 1.54) is 11.3 Å². The molecule has 0 aliphatic carbocycles. The average molecular weight is 277 g/mol. The third kappa shape index (κ3) is 3.26. The lowest BCUT2D eigenvalue weighted by Crippen LogP contribution is -2.21. The molecule has 4 nitrogen and oxygen atoms in total. The van der Waals surface area contributed by atoms with Gasteiger partial charge >= 0.3 is 0 Å². The van der Waals surface area contributed by atoms with Crippen LogP contribution in [0.2, 0.25) is 0 Å². The zero-order valence-corrected chi connectivity index (χ0v) is 11.6. The molecule has 1 heterocycles. The summed E-state index contributed by atoms with van der Waals surface area (Å²) in [6.45, 7) is 0.455. The van der Waals surface area contributed by atoms with Crippen LogP contribution in [0.25, 0.3) is 0 Å². The highest BCUT2D eigenvalue weighted by Gasteiger charge is 2.08. The summed E-state index contributed by atoms with van der Waals surface area (Å²) in [5, 5.41) is 4.75. The second-order valence-corrected chi connectivity index (χ2v) is 4.80. The molecule has 0 aliphatic heterocycles. The van der Waals surface area contributed by atoms with E-state index in [4.69, 9.17) is 9.47 Å². The van der Waals surface area contributed by atoms with E-state index < -0.39 is 0 Å². The van der Waals surface area contributed by atoms with Gasteiger partial charge in [0.25, 0.3) is 5.91 Å². The van der Waals surface area contributed by atoms with Crippen molar-refractivity contribution in [2.24, 2.45) is 0 Å². The summed E-state index contributed by atoms with van der Waals surface area (Å²) in [4.78, 5) is 12.5. The third-order valence-electron chi connectivity index (χ3n) is 2.65. The Hall–Kier alpha value is -2.01. The minimum Gasteiger partial charge on any atom is -0.493 e. The number of thiophene rings is 1. The number of benzene rings is 1. The summed E-state index contributed by atoms with van der Waals surface area (Å²) in [5.41, 5.74) is 0.961. The molecule has 5 heteroatoms. The second kappa shape index (κ2) is 6.24. The van der Waals surface area contributed by atoms with Crippen molar-refractivity contribution in [2.45, 2.75) is 6.54 Å². The molecule has 0 spiro atoms. The summed E-state index contributed by atoms with van der Waals surface area (Å²) >= 11 is 1.42. The largest absolute Gasteiger partial charge is 0.493 e. The molecule has 19 heavy (non-hydrogen) atoms. The Kier molecular flexibility index (Phi) is 4.41. The minimum absolute atomic E-state index is 0.0650. The molecular weight excluding hydrogens is 262 g/mol. The van der Waals surface area contributed by atoms with Crippen molar-refractivity contribution < 1.29 is 14.3 Å². The van der Waals surface area contributed by atoms with Crippen LogP contribution < -0.4 is 14.8 Å². The van der Waals surface area contributed by atoms with Crippen LogP contribution >= 0.6 is 11.3 Å². The first kappa shape index (κ1) is 13.4. The van der Waals surface area contributed by atoms with Crippen LogP contribution in [0.1, 0.15) is 15.2 Å². The molecule has 2 rings (SSSR count). The zero-order valence-electron chi connectivity index (χ0n) is 10.8. The van der Waals surface area contributed by atoms with Gasteiger partial charge in [-0.3, -0.25) is 4.79 Å². The van der Waals surface area contributed by atoms with E-state index in [2.05, 4.69) is 5.32 Å². The van der Waals surface area contributed by atoms with Gasteiger partial charge in [-0.25, -0.2) is 0 Å². The van der Waals surface area contributed by atoms with Gasteiger partial charge < -0.3 is 14.8 Å². The molecule has 0 saturated carbocycles. The molecule has 0 saturated heterocycles. The second-order valence-electron chi connectivity index (χ2n) is 3.85. The number of ether oxygens (including phenoxy) is 2. The molecule has 1 amide bonds. The molecule has 0 bridgehead atoms. The van der Waals surface area contributed by atoms with Gasteiger partial charge in [0.05, 0.1) is 19.1 Å². The zero-order chi connectivity index (χ0) is 13.7. The van der Waals surface area contributed by atoms with Gasteiger partial charge in [-0.05, 0) is 29.1 Å². The first-order valence-corrected chi connectivity index (χ1v) is 6.65. The van der Waals surface area contributed by atoms with Gasteiger partial charge in [0.15, 0.2) is 11.5 Å². The van der Waals surface area contributed by atoms with Crippen LogP contribution in [0.3, 0.4) is 0 Å². The first-order valence-electron chi connectivity index (χ1n) is 5.77. The lowest BCUT2D eigenvalue weighted by atomic mass is 10.2. The summed E-state index contributed by atoms with van der Waals surface area (Å²) in [6.07, 6.45) is 0. The molecule has 0 aliphatic rings. The maximum Gasteiger partial charge on any atom is 0.261 e. The maximum absolute atomic E-state index is 11.8. The van der Waals surface area contributed by atoms with Gasteiger partial charge in [0, 0.05) is 6.54 Å². The number of nitrogens with one attached hydrogen (secondary N) is 1. The first-order chi connectivity index (χ1) is 9.24. The van der Waals surface area contributed by atoms with E-state index in [1.54, 1.807) is 20.3 Å². The highest BCUT2D eigenvalue weighted by atomic mass is 32.1. The molecule has 0 atom stereocenters. The Morgan fingerprint density at radius 2 is 2.00 bits per heavy atom. The highest BCUT2D eigenvalue weighted by molar-refractivity contribution is 7.12. The molecule has 0 unspecified atom stereocenters. The normalized spacial score (nSPS) is 10.0. The van der Waals surface area contributed by atoms with E-state index >= 15 is 0 Å². The SMILES string of the molecule is COc1ccc(CNC(=O)c2cccs2)cc1OC. The lowest BCUT2D eigenvalue weighted by Gasteiger charge is -2.10. The van der Waals surface area contributed by atoms with Crippen LogP contribution in [0.15, 0.2) is 35.7 Å². The quantitative estimate of drug-likeness (QED) is 0.914. The van der Waals surface area contributed by atoms with Crippen molar-refractivity contribution in [1.29, 1.82) is 0 Å². The van der Waals surface area contributed by atoms with Crippen molar-refractivity contribution >= 4 is 17.2 Å². The number of rotatable bonds is 5. The fourth-order valence-electron chi connectivity index (χ4n) is 1.67. The molecule has 2 aromatic rings. The number of amides is 1. The topological polar surface area (TPSA) is 47.6 Å². The summed E-state index contributed by atoms with van der Waals surface area (Å²) in [6, 6.07) is 9.24. The van der Waals surface area contributed by atoms with Crippen molar-refractivity contribution in [1.82, 2.24) is 5.32 Å². The lowest BCUT2D eigenvalue weighted by molar-refractivity contribution is 0.0955. The van der Waals surface area contributed by atoms with E-state index in [1.807, 2.05) is 29.6 Å². The average Bonchev–Trinajstić information content (AvgIpc) is 2.98. The monoisotopic (exact) mass is 277 g/mol. The number of hydrogen-bond acceptors (Lipinski definition) is 4. The Labute approximate surface area is 116 Å². The number of methoxy groups -OCH3 is 2. The Balaban J connectivity index is 2.02. The van der Waals surface area contributed by atoms with Gasteiger partial charge in [-0.2, -0.15) is 0 Å². The molecule has 1 N–H and O–H groups in total. The standard InChI is InChI=1S/C14H15NO3S/c1-17-11-6-5-10(8-12(11)18-2)9-15-14(16)13-4-3-7-19-13/h3-8H,9H2,1-2H3,(H,15,16). The Bertz CT molecular complexity index is 552.